The van der Waals surface area contributed by atoms with Crippen molar-refractivity contribution in [3.05, 3.63) is 35.9 Å². The largest absolute Gasteiger partial charge is 0.481 e. The first kappa shape index (κ1) is 26.5. The summed E-state index contributed by atoms with van der Waals surface area (Å²) in [5, 5.41) is 14.1. The van der Waals surface area contributed by atoms with Crippen molar-refractivity contribution in [1.29, 1.82) is 0 Å². The standard InChI is InChI=1S/C21H29N5O3.C4H8O2/c1-23-14-19(27)25-15-20(28)24(17-10-6-3-7-11-17)13-18(25)26(23)21(29)22-12-16-8-4-2-5-9-16;1-2-3-4(5)6/h2,4-5,8-9,17-18H,3,6-7,10-15H2,1H3,(H,22,29);2-3H2,1H3,(H,5,6)/t18-;/m0./s1. The Morgan fingerprint density at radius 2 is 1.66 bits per heavy atom. The zero-order valence-corrected chi connectivity index (χ0v) is 20.7. The van der Waals surface area contributed by atoms with Crippen LogP contribution in [-0.4, -0.2) is 87.6 Å². The Bertz CT molecular complexity index is 889. The van der Waals surface area contributed by atoms with E-state index in [1.165, 1.54) is 6.42 Å². The number of fused-ring (bicyclic) bond motifs is 1. The summed E-state index contributed by atoms with van der Waals surface area (Å²) in [6.45, 7) is 2.77. The highest BCUT2D eigenvalue weighted by molar-refractivity contribution is 5.89. The van der Waals surface area contributed by atoms with Gasteiger partial charge >= 0.3 is 12.0 Å². The molecule has 0 unspecified atom stereocenters. The van der Waals surface area contributed by atoms with Gasteiger partial charge in [-0.15, -0.1) is 0 Å². The van der Waals surface area contributed by atoms with Gasteiger partial charge in [0.25, 0.3) is 0 Å². The number of hydrogen-bond acceptors (Lipinski definition) is 5. The number of urea groups is 1. The molecule has 2 saturated heterocycles. The van der Waals surface area contributed by atoms with Gasteiger partial charge < -0.3 is 20.2 Å². The lowest BCUT2D eigenvalue weighted by Crippen LogP contribution is -2.74. The number of benzene rings is 1. The molecule has 10 heteroatoms. The van der Waals surface area contributed by atoms with E-state index in [2.05, 4.69) is 5.32 Å². The number of hydrazine groups is 1. The molecular weight excluding hydrogens is 450 g/mol. The number of carbonyl (C=O) groups is 4. The minimum atomic E-state index is -0.711. The third kappa shape index (κ3) is 6.94. The monoisotopic (exact) mass is 487 g/mol. The summed E-state index contributed by atoms with van der Waals surface area (Å²) >= 11 is 0. The highest BCUT2D eigenvalue weighted by Crippen LogP contribution is 2.28. The first-order valence-electron chi connectivity index (χ1n) is 12.4. The summed E-state index contributed by atoms with van der Waals surface area (Å²) in [7, 11) is 1.75. The molecule has 1 aromatic rings. The first-order chi connectivity index (χ1) is 16.8. The molecular formula is C25H37N5O5. The highest BCUT2D eigenvalue weighted by Gasteiger charge is 2.46. The smallest absolute Gasteiger partial charge is 0.334 e. The van der Waals surface area contributed by atoms with Crippen LogP contribution in [0.25, 0.3) is 0 Å². The van der Waals surface area contributed by atoms with Crippen molar-refractivity contribution < 1.29 is 24.3 Å². The van der Waals surface area contributed by atoms with E-state index in [4.69, 9.17) is 5.11 Å². The fourth-order valence-corrected chi connectivity index (χ4v) is 4.88. The van der Waals surface area contributed by atoms with E-state index >= 15 is 0 Å². The molecule has 3 fully saturated rings. The minimum Gasteiger partial charge on any atom is -0.481 e. The van der Waals surface area contributed by atoms with Crippen molar-refractivity contribution in [2.45, 2.75) is 70.6 Å². The van der Waals surface area contributed by atoms with Crippen LogP contribution in [0.15, 0.2) is 30.3 Å². The lowest BCUT2D eigenvalue weighted by molar-refractivity contribution is -0.180. The van der Waals surface area contributed by atoms with E-state index in [9.17, 15) is 19.2 Å². The second-order valence-electron chi connectivity index (χ2n) is 9.29. The van der Waals surface area contributed by atoms with E-state index in [0.29, 0.717) is 19.5 Å². The Labute approximate surface area is 206 Å². The first-order valence-corrected chi connectivity index (χ1v) is 12.4. The van der Waals surface area contributed by atoms with E-state index in [0.717, 1.165) is 37.7 Å². The topological polar surface area (TPSA) is 114 Å². The molecule has 1 aliphatic carbocycles. The lowest BCUT2D eigenvalue weighted by atomic mass is 9.93. The molecule has 4 rings (SSSR count). The molecule has 4 amide bonds. The normalized spacial score (nSPS) is 21.2. The van der Waals surface area contributed by atoms with Crippen LogP contribution >= 0.6 is 0 Å². The number of carbonyl (C=O) groups excluding carboxylic acids is 3. The SMILES string of the molecule is CCCC(=O)O.CN1CC(=O)N2CC(=O)N(C3CCCCC3)C[C@@H]2N1C(=O)NCc1ccccc1. The molecule has 35 heavy (non-hydrogen) atoms. The summed E-state index contributed by atoms with van der Waals surface area (Å²) < 4.78 is 0. The minimum absolute atomic E-state index is 0.00398. The summed E-state index contributed by atoms with van der Waals surface area (Å²) in [5.41, 5.74) is 1.01. The van der Waals surface area contributed by atoms with Crippen molar-refractivity contribution in [1.82, 2.24) is 25.1 Å². The Morgan fingerprint density at radius 3 is 2.26 bits per heavy atom. The van der Waals surface area contributed by atoms with E-state index in [1.54, 1.807) is 22.0 Å². The molecule has 3 aliphatic rings. The van der Waals surface area contributed by atoms with Crippen LogP contribution in [0.1, 0.15) is 57.4 Å². The van der Waals surface area contributed by atoms with E-state index in [-0.39, 0.29) is 37.0 Å². The van der Waals surface area contributed by atoms with Gasteiger partial charge in [0.2, 0.25) is 11.8 Å². The molecule has 192 valence electrons. The number of aliphatic carboxylic acids is 1. The molecule has 10 nitrogen and oxygen atoms in total. The van der Waals surface area contributed by atoms with Gasteiger partial charge in [0.1, 0.15) is 12.7 Å². The average Bonchev–Trinajstić information content (AvgIpc) is 2.84. The lowest BCUT2D eigenvalue weighted by Gasteiger charge is -2.53. The average molecular weight is 488 g/mol. The molecule has 2 aliphatic heterocycles. The molecule has 1 aromatic carbocycles. The molecule has 0 bridgehead atoms. The number of nitrogens with one attached hydrogen (secondary N) is 1. The summed E-state index contributed by atoms with van der Waals surface area (Å²) in [6.07, 6.45) is 6.03. The van der Waals surface area contributed by atoms with E-state index in [1.807, 2.05) is 42.2 Å². The summed E-state index contributed by atoms with van der Waals surface area (Å²) in [4.78, 5) is 51.4. The molecule has 1 atom stereocenters. The Hall–Kier alpha value is -3.14. The number of piperazine rings is 1. The number of nitrogens with zero attached hydrogens (tertiary/aromatic N) is 4. The number of amides is 4. The van der Waals surface area contributed by atoms with Crippen LogP contribution < -0.4 is 5.32 Å². The van der Waals surface area contributed by atoms with Gasteiger partial charge in [-0.05, 0) is 24.8 Å². The second-order valence-corrected chi connectivity index (χ2v) is 9.29. The molecule has 0 spiro atoms. The maximum Gasteiger partial charge on any atom is 0.334 e. The van der Waals surface area contributed by atoms with Crippen LogP contribution in [0, 0.1) is 0 Å². The van der Waals surface area contributed by atoms with Gasteiger partial charge in [0, 0.05) is 26.1 Å². The summed E-state index contributed by atoms with van der Waals surface area (Å²) in [6, 6.07) is 9.69. The van der Waals surface area contributed by atoms with E-state index < -0.39 is 12.1 Å². The van der Waals surface area contributed by atoms with Gasteiger partial charge in [-0.1, -0.05) is 56.5 Å². The fraction of sp³-hybridized carbons (Fsp3) is 0.600. The third-order valence-corrected chi connectivity index (χ3v) is 6.65. The Kier molecular flexibility index (Phi) is 9.47. The van der Waals surface area contributed by atoms with Gasteiger partial charge in [-0.3, -0.25) is 14.4 Å². The Balaban J connectivity index is 0.000000509. The van der Waals surface area contributed by atoms with Crippen molar-refractivity contribution in [3.8, 4) is 0 Å². The van der Waals surface area contributed by atoms with Crippen LogP contribution in [0.4, 0.5) is 4.79 Å². The van der Waals surface area contributed by atoms with Crippen molar-refractivity contribution >= 4 is 23.8 Å². The third-order valence-electron chi connectivity index (χ3n) is 6.65. The maximum atomic E-state index is 13.0. The number of likely N-dealkylation sites (N-methyl/N-ethyl adjacent to an activating group) is 1. The van der Waals surface area contributed by atoms with Gasteiger partial charge in [0.15, 0.2) is 0 Å². The predicted molar refractivity (Wildman–Crippen MR) is 130 cm³/mol. The Morgan fingerprint density at radius 1 is 1.00 bits per heavy atom. The number of rotatable bonds is 5. The quantitative estimate of drug-likeness (QED) is 0.659. The fourth-order valence-electron chi connectivity index (χ4n) is 4.88. The predicted octanol–water partition coefficient (Wildman–Crippen LogP) is 2.26. The zero-order chi connectivity index (χ0) is 25.4. The highest BCUT2D eigenvalue weighted by atomic mass is 16.4. The van der Waals surface area contributed by atoms with Crippen molar-refractivity contribution in [3.63, 3.8) is 0 Å². The maximum absolute atomic E-state index is 13.0. The van der Waals surface area contributed by atoms with Gasteiger partial charge in [-0.25, -0.2) is 14.8 Å². The number of hydrogen-bond donors (Lipinski definition) is 2. The van der Waals surface area contributed by atoms with Crippen LogP contribution in [0.2, 0.25) is 0 Å². The zero-order valence-electron chi connectivity index (χ0n) is 20.7. The molecule has 2 N–H and O–H groups in total. The van der Waals surface area contributed by atoms with Crippen LogP contribution in [-0.2, 0) is 20.9 Å². The van der Waals surface area contributed by atoms with Crippen molar-refractivity contribution in [2.75, 3.05) is 26.7 Å². The van der Waals surface area contributed by atoms with Gasteiger partial charge in [-0.2, -0.15) is 0 Å². The van der Waals surface area contributed by atoms with Gasteiger partial charge in [0.05, 0.1) is 13.1 Å². The van der Waals surface area contributed by atoms with Crippen molar-refractivity contribution in [2.24, 2.45) is 0 Å². The number of carboxylic acid groups (broad SMARTS) is 1. The van der Waals surface area contributed by atoms with Crippen LogP contribution in [0.5, 0.6) is 0 Å². The molecule has 2 heterocycles. The number of carboxylic acids is 1. The summed E-state index contributed by atoms with van der Waals surface area (Å²) in [5.74, 6) is -0.825. The molecule has 1 saturated carbocycles. The van der Waals surface area contributed by atoms with Crippen LogP contribution in [0.3, 0.4) is 0 Å². The molecule has 0 radical (unpaired) electrons. The second kappa shape index (κ2) is 12.5. The molecule has 0 aromatic heterocycles.